The molecule has 3 aromatic rings. The number of nitrogens with zero attached hydrogens (tertiary/aromatic N) is 5. The molecular weight excluding hydrogens is 340 g/mol. The van der Waals surface area contributed by atoms with Crippen LogP contribution in [-0.4, -0.2) is 50.2 Å². The molecule has 0 radical (unpaired) electrons. The Labute approximate surface area is 158 Å². The van der Waals surface area contributed by atoms with Gasteiger partial charge in [-0.15, -0.1) is 0 Å². The predicted molar refractivity (Wildman–Crippen MR) is 103 cm³/mol. The molecule has 7 nitrogen and oxygen atoms in total. The highest BCUT2D eigenvalue weighted by atomic mass is 16.1. The van der Waals surface area contributed by atoms with E-state index in [2.05, 4.69) is 32.3 Å². The number of nitrogens with one attached hydrogen (secondary N) is 1. The molecule has 4 rings (SSSR count). The Kier molecular flexibility index (Phi) is 5.11. The molecule has 1 atom stereocenters. The quantitative estimate of drug-likeness (QED) is 0.724. The third kappa shape index (κ3) is 3.98. The molecule has 4 heterocycles. The lowest BCUT2D eigenvalue weighted by atomic mass is 10.0. The Morgan fingerprint density at radius 1 is 1.22 bits per heavy atom. The number of hydrogen-bond donors (Lipinski definition) is 1. The fourth-order valence-electron chi connectivity index (χ4n) is 3.75. The van der Waals surface area contributed by atoms with Crippen LogP contribution in [0.25, 0.3) is 11.0 Å². The fraction of sp³-hybridized carbons (Fsp3) is 0.400. The fourth-order valence-corrected chi connectivity index (χ4v) is 3.75. The third-order valence-electron chi connectivity index (χ3n) is 5.00. The molecule has 1 aliphatic rings. The van der Waals surface area contributed by atoms with E-state index >= 15 is 0 Å². The van der Waals surface area contributed by atoms with Gasteiger partial charge in [0.15, 0.2) is 5.65 Å². The van der Waals surface area contributed by atoms with E-state index < -0.39 is 0 Å². The van der Waals surface area contributed by atoms with Crippen LogP contribution in [-0.2, 0) is 17.9 Å². The van der Waals surface area contributed by atoms with Gasteiger partial charge < -0.3 is 5.32 Å². The number of hydrogen-bond acceptors (Lipinski definition) is 5. The molecule has 0 saturated carbocycles. The van der Waals surface area contributed by atoms with Crippen molar-refractivity contribution in [1.29, 1.82) is 0 Å². The highest BCUT2D eigenvalue weighted by molar-refractivity contribution is 5.79. The molecule has 0 spiro atoms. The van der Waals surface area contributed by atoms with E-state index in [1.807, 2.05) is 29.1 Å². The first-order valence-electron chi connectivity index (χ1n) is 9.39. The summed E-state index contributed by atoms with van der Waals surface area (Å²) in [4.78, 5) is 22.5. The highest BCUT2D eigenvalue weighted by Gasteiger charge is 2.28. The van der Waals surface area contributed by atoms with E-state index in [-0.39, 0.29) is 5.91 Å². The molecule has 3 aromatic heterocycles. The predicted octanol–water partition coefficient (Wildman–Crippen LogP) is 1.95. The summed E-state index contributed by atoms with van der Waals surface area (Å²) >= 11 is 0. The number of likely N-dealkylation sites (tertiary alicyclic amines) is 1. The van der Waals surface area contributed by atoms with Crippen LogP contribution in [0.4, 0.5) is 0 Å². The van der Waals surface area contributed by atoms with Crippen molar-refractivity contribution in [1.82, 2.24) is 30.0 Å². The summed E-state index contributed by atoms with van der Waals surface area (Å²) in [6.07, 6.45) is 4.73. The molecule has 140 valence electrons. The van der Waals surface area contributed by atoms with Crippen LogP contribution < -0.4 is 5.32 Å². The van der Waals surface area contributed by atoms with Crippen LogP contribution >= 0.6 is 0 Å². The van der Waals surface area contributed by atoms with Crippen LogP contribution in [0.2, 0.25) is 0 Å². The maximum Gasteiger partial charge on any atom is 0.216 e. The van der Waals surface area contributed by atoms with Gasteiger partial charge in [-0.25, -0.2) is 9.67 Å². The lowest BCUT2D eigenvalue weighted by Crippen LogP contribution is -2.25. The van der Waals surface area contributed by atoms with Crippen molar-refractivity contribution in [3.05, 3.63) is 54.1 Å². The van der Waals surface area contributed by atoms with Crippen molar-refractivity contribution in [2.75, 3.05) is 19.6 Å². The van der Waals surface area contributed by atoms with E-state index in [0.29, 0.717) is 19.0 Å². The summed E-state index contributed by atoms with van der Waals surface area (Å²) in [6.45, 7) is 5.59. The summed E-state index contributed by atoms with van der Waals surface area (Å²) in [6, 6.07) is 10.1. The first kappa shape index (κ1) is 17.6. The van der Waals surface area contributed by atoms with Gasteiger partial charge in [0.1, 0.15) is 0 Å². The Hall–Kier alpha value is -2.80. The zero-order chi connectivity index (χ0) is 18.6. The number of carbonyl (C=O) groups excluding carboxylic acids is 1. The zero-order valence-electron chi connectivity index (χ0n) is 15.5. The van der Waals surface area contributed by atoms with Crippen molar-refractivity contribution in [2.24, 2.45) is 0 Å². The van der Waals surface area contributed by atoms with Crippen molar-refractivity contribution in [2.45, 2.75) is 32.4 Å². The molecule has 1 amide bonds. The van der Waals surface area contributed by atoms with Gasteiger partial charge in [-0.2, -0.15) is 5.10 Å². The molecule has 1 fully saturated rings. The molecular formula is C20H24N6O. The van der Waals surface area contributed by atoms with E-state index in [1.165, 1.54) is 6.92 Å². The number of pyridine rings is 2. The summed E-state index contributed by atoms with van der Waals surface area (Å²) in [7, 11) is 0. The zero-order valence-corrected chi connectivity index (χ0v) is 15.5. The lowest BCUT2D eigenvalue weighted by Gasteiger charge is -2.14. The standard InChI is InChI=1S/C20H24N6O/c1-15(27)21-10-12-26-20-18(6-4-9-23-20)19(24-26)16-7-11-25(13-16)14-17-5-2-3-8-22-17/h2-6,8-9,16H,7,10-14H2,1H3,(H,21,27)/t16-/m0/s1. The third-order valence-corrected chi connectivity index (χ3v) is 5.00. The molecule has 0 aromatic carbocycles. The van der Waals surface area contributed by atoms with Crippen molar-refractivity contribution in [3.63, 3.8) is 0 Å². The molecule has 1 N–H and O–H groups in total. The van der Waals surface area contributed by atoms with Gasteiger partial charge in [0, 0.05) is 50.3 Å². The first-order valence-corrected chi connectivity index (χ1v) is 9.39. The van der Waals surface area contributed by atoms with Gasteiger partial charge in [-0.1, -0.05) is 6.07 Å². The van der Waals surface area contributed by atoms with Gasteiger partial charge in [0.05, 0.1) is 17.9 Å². The van der Waals surface area contributed by atoms with Crippen molar-refractivity contribution < 1.29 is 4.79 Å². The molecule has 0 unspecified atom stereocenters. The van der Waals surface area contributed by atoms with Crippen LogP contribution in [0, 0.1) is 0 Å². The van der Waals surface area contributed by atoms with Crippen molar-refractivity contribution in [3.8, 4) is 0 Å². The largest absolute Gasteiger partial charge is 0.354 e. The second-order valence-corrected chi connectivity index (χ2v) is 7.01. The normalized spacial score (nSPS) is 17.4. The second-order valence-electron chi connectivity index (χ2n) is 7.01. The van der Waals surface area contributed by atoms with Crippen LogP contribution in [0.3, 0.4) is 0 Å². The van der Waals surface area contributed by atoms with E-state index in [4.69, 9.17) is 5.10 Å². The summed E-state index contributed by atoms with van der Waals surface area (Å²) in [5, 5.41) is 8.82. The summed E-state index contributed by atoms with van der Waals surface area (Å²) in [5.41, 5.74) is 3.11. The van der Waals surface area contributed by atoms with Crippen LogP contribution in [0.1, 0.15) is 30.7 Å². The molecule has 7 heteroatoms. The number of rotatable bonds is 6. The Bertz CT molecular complexity index is 923. The smallest absolute Gasteiger partial charge is 0.216 e. The van der Waals surface area contributed by atoms with E-state index in [0.717, 1.165) is 48.5 Å². The Morgan fingerprint density at radius 3 is 2.93 bits per heavy atom. The van der Waals surface area contributed by atoms with Crippen LogP contribution in [0.15, 0.2) is 42.7 Å². The van der Waals surface area contributed by atoms with Gasteiger partial charge >= 0.3 is 0 Å². The number of fused-ring (bicyclic) bond motifs is 1. The minimum atomic E-state index is -0.0272. The van der Waals surface area contributed by atoms with Gasteiger partial charge in [0.25, 0.3) is 0 Å². The second kappa shape index (κ2) is 7.84. The molecule has 27 heavy (non-hydrogen) atoms. The van der Waals surface area contributed by atoms with Gasteiger partial charge in [-0.3, -0.25) is 14.7 Å². The van der Waals surface area contributed by atoms with Gasteiger partial charge in [-0.05, 0) is 37.2 Å². The average Bonchev–Trinajstić information content (AvgIpc) is 3.27. The summed E-state index contributed by atoms with van der Waals surface area (Å²) in [5.74, 6) is 0.364. The first-order chi connectivity index (χ1) is 13.2. The monoisotopic (exact) mass is 364 g/mol. The van der Waals surface area contributed by atoms with E-state index in [9.17, 15) is 4.79 Å². The summed E-state index contributed by atoms with van der Waals surface area (Å²) < 4.78 is 1.92. The molecule has 0 aliphatic carbocycles. The van der Waals surface area contributed by atoms with E-state index in [1.54, 1.807) is 6.20 Å². The van der Waals surface area contributed by atoms with Gasteiger partial charge in [0.2, 0.25) is 5.91 Å². The maximum atomic E-state index is 11.1. The molecule has 1 saturated heterocycles. The highest BCUT2D eigenvalue weighted by Crippen LogP contribution is 2.31. The number of amides is 1. The minimum Gasteiger partial charge on any atom is -0.354 e. The maximum absolute atomic E-state index is 11.1. The Balaban J connectivity index is 1.51. The number of carbonyl (C=O) groups is 1. The van der Waals surface area contributed by atoms with Crippen molar-refractivity contribution >= 4 is 16.9 Å². The topological polar surface area (TPSA) is 75.9 Å². The number of aromatic nitrogens is 4. The lowest BCUT2D eigenvalue weighted by molar-refractivity contribution is -0.118. The molecule has 0 bridgehead atoms. The minimum absolute atomic E-state index is 0.0272. The SMILES string of the molecule is CC(=O)NCCn1nc([C@H]2CCN(Cc3ccccn3)C2)c2cccnc21. The van der Waals surface area contributed by atoms with Crippen LogP contribution in [0.5, 0.6) is 0 Å². The molecule has 1 aliphatic heterocycles. The average molecular weight is 364 g/mol. The Morgan fingerprint density at radius 2 is 2.11 bits per heavy atom.